The Morgan fingerprint density at radius 3 is 2.18 bits per heavy atom. The molecule has 11 heavy (non-hydrogen) atoms. The van der Waals surface area contributed by atoms with Gasteiger partial charge in [-0.1, -0.05) is 13.2 Å². The van der Waals surface area contributed by atoms with Crippen LogP contribution in [0.4, 0.5) is 0 Å². The summed E-state index contributed by atoms with van der Waals surface area (Å²) >= 11 is 0. The van der Waals surface area contributed by atoms with Gasteiger partial charge in [-0.15, -0.1) is 0 Å². The summed E-state index contributed by atoms with van der Waals surface area (Å²) < 4.78 is 0. The van der Waals surface area contributed by atoms with E-state index in [-0.39, 0.29) is 5.78 Å². The minimum atomic E-state index is 0.190. The molecule has 2 nitrogen and oxygen atoms in total. The zero-order valence-electron chi connectivity index (χ0n) is 7.24. The first-order chi connectivity index (χ1) is 5.02. The first-order valence-electron chi connectivity index (χ1n) is 3.62. The van der Waals surface area contributed by atoms with E-state index in [1.807, 2.05) is 6.92 Å². The van der Waals surface area contributed by atoms with E-state index in [2.05, 4.69) is 18.5 Å². The average molecular weight is 153 g/mol. The highest BCUT2D eigenvalue weighted by Crippen LogP contribution is 2.00. The summed E-state index contributed by atoms with van der Waals surface area (Å²) in [5.74, 6) is 0.190. The lowest BCUT2D eigenvalue weighted by molar-refractivity contribution is -0.116. The van der Waals surface area contributed by atoms with E-state index < -0.39 is 0 Å². The predicted octanol–water partition coefficient (Wildman–Crippen LogP) is 1.99. The molecule has 0 aliphatic carbocycles. The van der Waals surface area contributed by atoms with E-state index in [1.54, 1.807) is 6.92 Å². The van der Waals surface area contributed by atoms with Crippen LogP contribution in [0.15, 0.2) is 24.6 Å². The second-order valence-electron chi connectivity index (χ2n) is 2.71. The van der Waals surface area contributed by atoms with Crippen LogP contribution < -0.4 is 5.32 Å². The number of hydrogen-bond donors (Lipinski definition) is 1. The largest absolute Gasteiger partial charge is 0.364 e. The van der Waals surface area contributed by atoms with Gasteiger partial charge >= 0.3 is 0 Å². The first kappa shape index (κ1) is 9.95. The number of rotatable bonds is 5. The zero-order valence-corrected chi connectivity index (χ0v) is 7.24. The van der Waals surface area contributed by atoms with Gasteiger partial charge in [0, 0.05) is 17.8 Å². The number of allylic oxidation sites excluding steroid dienone is 2. The third-order valence-corrected chi connectivity index (χ3v) is 1.17. The molecule has 0 unspecified atom stereocenters. The maximum atomic E-state index is 10.5. The fraction of sp³-hybridized carbons (Fsp3) is 0.444. The van der Waals surface area contributed by atoms with Gasteiger partial charge < -0.3 is 10.1 Å². The van der Waals surface area contributed by atoms with Crippen LogP contribution in [0.25, 0.3) is 0 Å². The van der Waals surface area contributed by atoms with Crippen molar-refractivity contribution in [1.82, 2.24) is 5.32 Å². The number of carbonyl (C=O) groups is 1. The summed E-state index contributed by atoms with van der Waals surface area (Å²) in [5.41, 5.74) is 1.71. The number of nitrogens with one attached hydrogen (secondary N) is 1. The molecular weight excluding hydrogens is 138 g/mol. The molecule has 0 aromatic carbocycles. The van der Waals surface area contributed by atoms with Gasteiger partial charge in [0.2, 0.25) is 0 Å². The van der Waals surface area contributed by atoms with Gasteiger partial charge in [-0.2, -0.15) is 0 Å². The molecule has 0 amide bonds. The quantitative estimate of drug-likeness (QED) is 0.654. The standard InChI is InChI=1S/C9H15NO/c1-7(2)10-8(3)5-6-9(4)11/h10H,1,3,5-6H2,2,4H3. The maximum Gasteiger partial charge on any atom is 0.130 e. The molecule has 0 spiro atoms. The van der Waals surface area contributed by atoms with Crippen LogP contribution in [0.1, 0.15) is 26.7 Å². The van der Waals surface area contributed by atoms with Crippen molar-refractivity contribution in [2.24, 2.45) is 0 Å². The fourth-order valence-electron chi connectivity index (χ4n) is 0.691. The van der Waals surface area contributed by atoms with Gasteiger partial charge in [0.15, 0.2) is 0 Å². The Labute approximate surface area is 68.0 Å². The smallest absolute Gasteiger partial charge is 0.130 e. The normalized spacial score (nSPS) is 8.91. The zero-order chi connectivity index (χ0) is 8.85. The Balaban J connectivity index is 3.53. The maximum absolute atomic E-state index is 10.5. The Morgan fingerprint density at radius 1 is 1.27 bits per heavy atom. The van der Waals surface area contributed by atoms with Crippen molar-refractivity contribution < 1.29 is 4.79 Å². The molecule has 0 aromatic heterocycles. The highest BCUT2D eigenvalue weighted by Gasteiger charge is 1.96. The van der Waals surface area contributed by atoms with E-state index in [0.29, 0.717) is 12.8 Å². The van der Waals surface area contributed by atoms with Crippen LogP contribution in [0.5, 0.6) is 0 Å². The topological polar surface area (TPSA) is 29.1 Å². The SMILES string of the molecule is C=C(C)NC(=C)CCC(C)=O. The highest BCUT2D eigenvalue weighted by molar-refractivity contribution is 5.75. The van der Waals surface area contributed by atoms with E-state index in [1.165, 1.54) is 0 Å². The molecule has 0 aromatic rings. The van der Waals surface area contributed by atoms with Crippen molar-refractivity contribution in [3.05, 3.63) is 24.6 Å². The molecular formula is C9H15NO. The molecule has 62 valence electrons. The number of hydrogen-bond acceptors (Lipinski definition) is 2. The lowest BCUT2D eigenvalue weighted by atomic mass is 10.2. The van der Waals surface area contributed by atoms with E-state index >= 15 is 0 Å². The van der Waals surface area contributed by atoms with Crippen LogP contribution in [0.2, 0.25) is 0 Å². The van der Waals surface area contributed by atoms with Crippen molar-refractivity contribution >= 4 is 5.78 Å². The summed E-state index contributed by atoms with van der Waals surface area (Å²) in [6.07, 6.45) is 1.25. The van der Waals surface area contributed by atoms with Gasteiger partial charge in [0.05, 0.1) is 0 Å². The van der Waals surface area contributed by atoms with Crippen LogP contribution in [0.3, 0.4) is 0 Å². The highest BCUT2D eigenvalue weighted by atomic mass is 16.1. The van der Waals surface area contributed by atoms with E-state index in [0.717, 1.165) is 11.4 Å². The van der Waals surface area contributed by atoms with Crippen molar-refractivity contribution in [3.63, 3.8) is 0 Å². The van der Waals surface area contributed by atoms with Crippen LogP contribution in [-0.2, 0) is 4.79 Å². The summed E-state index contributed by atoms with van der Waals surface area (Å²) in [7, 11) is 0. The summed E-state index contributed by atoms with van der Waals surface area (Å²) in [6.45, 7) is 10.8. The second kappa shape index (κ2) is 4.72. The average Bonchev–Trinajstić information content (AvgIpc) is 1.82. The molecule has 0 aliphatic heterocycles. The molecule has 0 radical (unpaired) electrons. The molecule has 0 bridgehead atoms. The summed E-state index contributed by atoms with van der Waals surface area (Å²) in [5, 5.41) is 2.96. The van der Waals surface area contributed by atoms with Gasteiger partial charge in [0.25, 0.3) is 0 Å². The molecule has 2 heteroatoms. The predicted molar refractivity (Wildman–Crippen MR) is 47.0 cm³/mol. The summed E-state index contributed by atoms with van der Waals surface area (Å²) in [6, 6.07) is 0. The lowest BCUT2D eigenvalue weighted by Crippen LogP contribution is -2.09. The molecule has 0 fully saturated rings. The molecule has 0 aliphatic rings. The third kappa shape index (κ3) is 6.84. The molecule has 0 heterocycles. The fourth-order valence-corrected chi connectivity index (χ4v) is 0.691. The molecule has 1 N–H and O–H groups in total. The minimum absolute atomic E-state index is 0.190. The van der Waals surface area contributed by atoms with Gasteiger partial charge in [-0.05, 0) is 20.3 Å². The van der Waals surface area contributed by atoms with Crippen molar-refractivity contribution in [3.8, 4) is 0 Å². The lowest BCUT2D eigenvalue weighted by Gasteiger charge is -2.06. The first-order valence-corrected chi connectivity index (χ1v) is 3.62. The van der Waals surface area contributed by atoms with Crippen molar-refractivity contribution in [2.45, 2.75) is 26.7 Å². The van der Waals surface area contributed by atoms with E-state index in [4.69, 9.17) is 0 Å². The second-order valence-corrected chi connectivity index (χ2v) is 2.71. The van der Waals surface area contributed by atoms with Crippen LogP contribution >= 0.6 is 0 Å². The monoisotopic (exact) mass is 153 g/mol. The Bertz CT molecular complexity index is 182. The van der Waals surface area contributed by atoms with Gasteiger partial charge in [-0.25, -0.2) is 0 Å². The van der Waals surface area contributed by atoms with E-state index in [9.17, 15) is 4.79 Å². The third-order valence-electron chi connectivity index (χ3n) is 1.17. The molecule has 0 saturated carbocycles. The Kier molecular flexibility index (Phi) is 4.27. The van der Waals surface area contributed by atoms with Crippen LogP contribution in [-0.4, -0.2) is 5.78 Å². The van der Waals surface area contributed by atoms with Crippen molar-refractivity contribution in [1.29, 1.82) is 0 Å². The number of Topliss-reactive ketones (excluding diaryl/α,β-unsaturated/α-hetero) is 1. The number of ketones is 1. The van der Waals surface area contributed by atoms with Gasteiger partial charge in [0.1, 0.15) is 5.78 Å². The molecule has 0 saturated heterocycles. The van der Waals surface area contributed by atoms with Crippen molar-refractivity contribution in [2.75, 3.05) is 0 Å². The summed E-state index contributed by atoms with van der Waals surface area (Å²) in [4.78, 5) is 10.5. The minimum Gasteiger partial charge on any atom is -0.364 e. The Hall–Kier alpha value is -1.05. The van der Waals surface area contributed by atoms with Gasteiger partial charge in [-0.3, -0.25) is 0 Å². The van der Waals surface area contributed by atoms with Crippen LogP contribution in [0, 0.1) is 0 Å². The Morgan fingerprint density at radius 2 is 1.82 bits per heavy atom. The molecule has 0 rings (SSSR count). The molecule has 0 atom stereocenters. The number of carbonyl (C=O) groups excluding carboxylic acids is 1.